The van der Waals surface area contributed by atoms with E-state index in [4.69, 9.17) is 4.74 Å². The van der Waals surface area contributed by atoms with E-state index in [2.05, 4.69) is 21.4 Å². The number of hydrogen-bond acceptors (Lipinski definition) is 6. The number of aromatic nitrogens is 2. The van der Waals surface area contributed by atoms with Crippen LogP contribution in [0.3, 0.4) is 0 Å². The zero-order chi connectivity index (χ0) is 18.8. The van der Waals surface area contributed by atoms with E-state index in [0.717, 1.165) is 36.6 Å². The van der Waals surface area contributed by atoms with Gasteiger partial charge in [-0.2, -0.15) is 0 Å². The number of fused-ring (bicyclic) bond motifs is 1. The van der Waals surface area contributed by atoms with E-state index in [9.17, 15) is 9.59 Å². The Kier molecular flexibility index (Phi) is 5.07. The summed E-state index contributed by atoms with van der Waals surface area (Å²) in [7, 11) is 0. The zero-order valence-electron chi connectivity index (χ0n) is 15.5. The average molecular weight is 371 g/mol. The van der Waals surface area contributed by atoms with Gasteiger partial charge in [-0.15, -0.1) is 6.58 Å². The Balaban J connectivity index is 1.46. The van der Waals surface area contributed by atoms with Gasteiger partial charge in [-0.25, -0.2) is 9.97 Å². The Labute approximate surface area is 158 Å². The first-order chi connectivity index (χ1) is 13.2. The van der Waals surface area contributed by atoms with Gasteiger partial charge in [0, 0.05) is 44.7 Å². The molecule has 0 radical (unpaired) electrons. The Bertz CT molecular complexity index is 747. The van der Waals surface area contributed by atoms with E-state index in [1.165, 1.54) is 0 Å². The van der Waals surface area contributed by atoms with E-state index in [1.807, 2.05) is 4.90 Å². The summed E-state index contributed by atoms with van der Waals surface area (Å²) in [6, 6.07) is 0. The van der Waals surface area contributed by atoms with Crippen molar-refractivity contribution >= 4 is 17.6 Å². The van der Waals surface area contributed by atoms with Gasteiger partial charge >= 0.3 is 0 Å². The lowest BCUT2D eigenvalue weighted by Gasteiger charge is -2.34. The van der Waals surface area contributed by atoms with Crippen LogP contribution < -0.4 is 4.90 Å². The summed E-state index contributed by atoms with van der Waals surface area (Å²) < 4.78 is 5.43. The van der Waals surface area contributed by atoms with Crippen molar-refractivity contribution in [3.8, 4) is 0 Å². The summed E-state index contributed by atoms with van der Waals surface area (Å²) in [5.41, 5.74) is 2.05. The average Bonchev–Trinajstić information content (AvgIpc) is 3.08. The third-order valence-electron chi connectivity index (χ3n) is 5.52. The van der Waals surface area contributed by atoms with Gasteiger partial charge in [0.25, 0.3) is 0 Å². The van der Waals surface area contributed by atoms with Crippen LogP contribution in [-0.4, -0.2) is 77.5 Å². The minimum absolute atomic E-state index is 0.0302. The maximum Gasteiger partial charge on any atom is 0.228 e. The molecular formula is C19H25N5O3. The molecule has 4 rings (SSSR count). The van der Waals surface area contributed by atoms with Crippen molar-refractivity contribution in [1.82, 2.24) is 19.8 Å². The van der Waals surface area contributed by atoms with Crippen LogP contribution in [0.4, 0.5) is 5.82 Å². The van der Waals surface area contributed by atoms with Crippen molar-refractivity contribution in [3.05, 3.63) is 30.2 Å². The number of ether oxygens (including phenoxy) is 1. The van der Waals surface area contributed by atoms with Gasteiger partial charge in [0.05, 0.1) is 31.4 Å². The van der Waals surface area contributed by atoms with Crippen molar-refractivity contribution in [2.75, 3.05) is 50.8 Å². The number of carbonyl (C=O) groups excluding carboxylic acids is 2. The molecule has 144 valence electrons. The summed E-state index contributed by atoms with van der Waals surface area (Å²) in [5, 5.41) is 0. The van der Waals surface area contributed by atoms with E-state index in [0.29, 0.717) is 45.8 Å². The van der Waals surface area contributed by atoms with E-state index in [-0.39, 0.29) is 17.7 Å². The number of rotatable bonds is 4. The first kappa shape index (κ1) is 17.9. The van der Waals surface area contributed by atoms with Crippen LogP contribution in [-0.2, 0) is 27.3 Å². The van der Waals surface area contributed by atoms with Gasteiger partial charge in [-0.1, -0.05) is 6.08 Å². The highest BCUT2D eigenvalue weighted by Gasteiger charge is 2.37. The first-order valence-corrected chi connectivity index (χ1v) is 9.50. The molecule has 0 unspecified atom stereocenters. The van der Waals surface area contributed by atoms with Crippen LogP contribution in [0.15, 0.2) is 19.0 Å². The minimum atomic E-state index is -0.264. The van der Waals surface area contributed by atoms with E-state index < -0.39 is 0 Å². The quantitative estimate of drug-likeness (QED) is 0.705. The second kappa shape index (κ2) is 7.64. The predicted octanol–water partition coefficient (Wildman–Crippen LogP) is 0.232. The van der Waals surface area contributed by atoms with Crippen LogP contribution in [0.25, 0.3) is 0 Å². The third-order valence-corrected chi connectivity index (χ3v) is 5.52. The third kappa shape index (κ3) is 3.53. The highest BCUT2D eigenvalue weighted by Crippen LogP contribution is 2.28. The van der Waals surface area contributed by atoms with Gasteiger partial charge in [0.2, 0.25) is 11.8 Å². The molecule has 0 N–H and O–H groups in total. The monoisotopic (exact) mass is 371 g/mol. The zero-order valence-corrected chi connectivity index (χ0v) is 15.5. The SMILES string of the molecule is C=CCN1C[C@H](C(=O)N2CCc3c(ncnc3N3CCOCC3)C2)CC1=O. The number of nitrogens with zero attached hydrogens (tertiary/aromatic N) is 5. The molecule has 3 aliphatic heterocycles. The molecule has 2 fully saturated rings. The van der Waals surface area contributed by atoms with Crippen LogP contribution in [0, 0.1) is 5.92 Å². The molecule has 2 amide bonds. The van der Waals surface area contributed by atoms with Gasteiger partial charge in [-0.05, 0) is 6.42 Å². The smallest absolute Gasteiger partial charge is 0.228 e. The molecule has 27 heavy (non-hydrogen) atoms. The maximum atomic E-state index is 12.9. The van der Waals surface area contributed by atoms with Crippen molar-refractivity contribution < 1.29 is 14.3 Å². The number of hydrogen-bond donors (Lipinski definition) is 0. The number of morpholine rings is 1. The van der Waals surface area contributed by atoms with Crippen LogP contribution in [0.2, 0.25) is 0 Å². The molecule has 2 saturated heterocycles. The maximum absolute atomic E-state index is 12.9. The van der Waals surface area contributed by atoms with Gasteiger partial charge in [0.1, 0.15) is 12.1 Å². The summed E-state index contributed by atoms with van der Waals surface area (Å²) in [5.74, 6) is 0.790. The molecule has 1 atom stereocenters. The van der Waals surface area contributed by atoms with Crippen molar-refractivity contribution in [3.63, 3.8) is 0 Å². The topological polar surface area (TPSA) is 78.9 Å². The van der Waals surface area contributed by atoms with E-state index >= 15 is 0 Å². The molecule has 3 aliphatic rings. The number of anilines is 1. The molecule has 8 heteroatoms. The highest BCUT2D eigenvalue weighted by atomic mass is 16.5. The lowest BCUT2D eigenvalue weighted by Crippen LogP contribution is -2.42. The second-order valence-electron chi connectivity index (χ2n) is 7.22. The lowest BCUT2D eigenvalue weighted by atomic mass is 10.0. The molecule has 8 nitrogen and oxygen atoms in total. The largest absolute Gasteiger partial charge is 0.378 e. The Morgan fingerprint density at radius 1 is 1.30 bits per heavy atom. The van der Waals surface area contributed by atoms with Gasteiger partial charge < -0.3 is 19.4 Å². The molecule has 1 aromatic heterocycles. The Hall–Kier alpha value is -2.48. The van der Waals surface area contributed by atoms with Crippen molar-refractivity contribution in [1.29, 1.82) is 0 Å². The predicted molar refractivity (Wildman–Crippen MR) is 99.1 cm³/mol. The molecule has 0 spiro atoms. The van der Waals surface area contributed by atoms with Crippen LogP contribution in [0.1, 0.15) is 17.7 Å². The molecule has 0 aliphatic carbocycles. The fourth-order valence-electron chi connectivity index (χ4n) is 4.10. The van der Waals surface area contributed by atoms with E-state index in [1.54, 1.807) is 17.3 Å². The summed E-state index contributed by atoms with van der Waals surface area (Å²) in [6.07, 6.45) is 4.32. The minimum Gasteiger partial charge on any atom is -0.378 e. The first-order valence-electron chi connectivity index (χ1n) is 9.50. The molecular weight excluding hydrogens is 346 g/mol. The summed E-state index contributed by atoms with van der Waals surface area (Å²) in [6.45, 7) is 8.86. The molecule has 0 saturated carbocycles. The number of amides is 2. The van der Waals surface area contributed by atoms with Crippen LogP contribution in [0.5, 0.6) is 0 Å². The summed E-state index contributed by atoms with van der Waals surface area (Å²) in [4.78, 5) is 39.7. The second-order valence-corrected chi connectivity index (χ2v) is 7.22. The van der Waals surface area contributed by atoms with Crippen molar-refractivity contribution in [2.24, 2.45) is 5.92 Å². The fraction of sp³-hybridized carbons (Fsp3) is 0.579. The Morgan fingerprint density at radius 3 is 2.89 bits per heavy atom. The Morgan fingerprint density at radius 2 is 2.11 bits per heavy atom. The van der Waals surface area contributed by atoms with Gasteiger partial charge in [0.15, 0.2) is 0 Å². The fourth-order valence-corrected chi connectivity index (χ4v) is 4.10. The normalized spacial score (nSPS) is 22.7. The number of carbonyl (C=O) groups is 2. The standard InChI is InChI=1S/C19H25N5O3/c1-2-4-23-11-14(10-17(23)25)19(26)24-5-3-15-16(12-24)20-13-21-18(15)22-6-8-27-9-7-22/h2,13-14H,1,3-12H2/t14-/m1/s1. The molecule has 0 bridgehead atoms. The number of likely N-dealkylation sites (tertiary alicyclic amines) is 1. The molecule has 1 aromatic rings. The van der Waals surface area contributed by atoms with Crippen LogP contribution >= 0.6 is 0 Å². The highest BCUT2D eigenvalue weighted by molar-refractivity contribution is 5.89. The lowest BCUT2D eigenvalue weighted by molar-refractivity contribution is -0.136. The van der Waals surface area contributed by atoms with Crippen molar-refractivity contribution in [2.45, 2.75) is 19.4 Å². The molecule has 4 heterocycles. The van der Waals surface area contributed by atoms with Gasteiger partial charge in [-0.3, -0.25) is 9.59 Å². The molecule has 0 aromatic carbocycles. The summed E-state index contributed by atoms with van der Waals surface area (Å²) >= 11 is 0.